The summed E-state index contributed by atoms with van der Waals surface area (Å²) in [6.45, 7) is 0.700. The van der Waals surface area contributed by atoms with Crippen LogP contribution >= 0.6 is 0 Å². The largest absolute Gasteiger partial charge is 0.416 e. The van der Waals surface area contributed by atoms with E-state index in [0.717, 1.165) is 12.1 Å². The van der Waals surface area contributed by atoms with Crippen LogP contribution in [0.1, 0.15) is 12.0 Å². The van der Waals surface area contributed by atoms with Crippen molar-refractivity contribution in [2.75, 3.05) is 18.0 Å². The molecule has 0 aliphatic carbocycles. The summed E-state index contributed by atoms with van der Waals surface area (Å²) in [5.74, 6) is -0.908. The Hall–Kier alpha value is -1.30. The van der Waals surface area contributed by atoms with E-state index in [-0.39, 0.29) is 12.2 Å². The standard InChI is InChI=1S/C11H11F4NO/c12-9-5-7(11(13,14)15)1-2-10(9)16-4-3-8(17)6-16/h1-2,5,8,17H,3-4,6H2. The van der Waals surface area contributed by atoms with Gasteiger partial charge >= 0.3 is 6.18 Å². The van der Waals surface area contributed by atoms with E-state index in [4.69, 9.17) is 0 Å². The van der Waals surface area contributed by atoms with Gasteiger partial charge < -0.3 is 10.0 Å². The van der Waals surface area contributed by atoms with Gasteiger partial charge in [-0.3, -0.25) is 0 Å². The van der Waals surface area contributed by atoms with Crippen molar-refractivity contribution in [2.24, 2.45) is 0 Å². The molecule has 17 heavy (non-hydrogen) atoms. The lowest BCUT2D eigenvalue weighted by atomic mass is 10.2. The molecule has 94 valence electrons. The molecule has 1 aliphatic heterocycles. The highest BCUT2D eigenvalue weighted by atomic mass is 19.4. The van der Waals surface area contributed by atoms with Gasteiger partial charge in [0.15, 0.2) is 0 Å². The van der Waals surface area contributed by atoms with Crippen molar-refractivity contribution < 1.29 is 22.7 Å². The topological polar surface area (TPSA) is 23.5 Å². The zero-order valence-corrected chi connectivity index (χ0v) is 8.84. The van der Waals surface area contributed by atoms with Crippen LogP contribution in [-0.2, 0) is 6.18 Å². The Bertz CT molecular complexity index is 418. The van der Waals surface area contributed by atoms with Crippen molar-refractivity contribution in [2.45, 2.75) is 18.7 Å². The van der Waals surface area contributed by atoms with E-state index >= 15 is 0 Å². The van der Waals surface area contributed by atoms with Gasteiger partial charge in [-0.25, -0.2) is 4.39 Å². The maximum Gasteiger partial charge on any atom is 0.416 e. The Morgan fingerprint density at radius 2 is 2.00 bits per heavy atom. The maximum absolute atomic E-state index is 13.5. The van der Waals surface area contributed by atoms with E-state index in [1.807, 2.05) is 0 Å². The van der Waals surface area contributed by atoms with Crippen molar-refractivity contribution in [1.82, 2.24) is 0 Å². The van der Waals surface area contributed by atoms with Crippen molar-refractivity contribution >= 4 is 5.69 Å². The number of hydrogen-bond donors (Lipinski definition) is 1. The fraction of sp³-hybridized carbons (Fsp3) is 0.455. The molecule has 1 atom stereocenters. The molecule has 1 saturated heterocycles. The summed E-state index contributed by atoms with van der Waals surface area (Å²) in [6, 6.07) is 2.44. The molecule has 2 nitrogen and oxygen atoms in total. The van der Waals surface area contributed by atoms with Gasteiger partial charge in [-0.05, 0) is 24.6 Å². The summed E-state index contributed by atoms with van der Waals surface area (Å²) >= 11 is 0. The summed E-state index contributed by atoms with van der Waals surface area (Å²) in [5, 5.41) is 9.29. The van der Waals surface area contributed by atoms with Crippen LogP contribution in [0.25, 0.3) is 0 Å². The number of aliphatic hydroxyl groups is 1. The second kappa shape index (κ2) is 4.18. The molecule has 0 bridgehead atoms. The molecule has 1 heterocycles. The fourth-order valence-corrected chi connectivity index (χ4v) is 1.90. The Morgan fingerprint density at radius 1 is 1.29 bits per heavy atom. The van der Waals surface area contributed by atoms with Crippen LogP contribution in [-0.4, -0.2) is 24.3 Å². The number of halogens is 4. The number of β-amino-alcohol motifs (C(OH)–C–C–N with tert-alkyl or cyclic N) is 1. The molecular formula is C11H11F4NO. The van der Waals surface area contributed by atoms with Crippen LogP contribution in [0.4, 0.5) is 23.2 Å². The molecule has 1 unspecified atom stereocenters. The second-order valence-corrected chi connectivity index (χ2v) is 4.05. The lowest BCUT2D eigenvalue weighted by Gasteiger charge is -2.19. The highest BCUT2D eigenvalue weighted by Crippen LogP contribution is 2.33. The molecule has 1 aromatic rings. The first-order chi connectivity index (χ1) is 7.88. The molecule has 1 fully saturated rings. The van der Waals surface area contributed by atoms with Crippen molar-refractivity contribution in [3.8, 4) is 0 Å². The minimum absolute atomic E-state index is 0.106. The number of alkyl halides is 3. The Labute approximate surface area is 95.5 Å². The molecule has 0 aromatic heterocycles. The van der Waals surface area contributed by atoms with Gasteiger partial charge in [0.25, 0.3) is 0 Å². The van der Waals surface area contributed by atoms with E-state index in [0.29, 0.717) is 19.0 Å². The normalized spacial score (nSPS) is 21.0. The molecule has 0 spiro atoms. The summed E-state index contributed by atoms with van der Waals surface area (Å²) < 4.78 is 50.5. The van der Waals surface area contributed by atoms with Crippen molar-refractivity contribution in [1.29, 1.82) is 0 Å². The van der Waals surface area contributed by atoms with Crippen LogP contribution in [0, 0.1) is 5.82 Å². The van der Waals surface area contributed by atoms with Gasteiger partial charge in [-0.15, -0.1) is 0 Å². The average molecular weight is 249 g/mol. The third-order valence-corrected chi connectivity index (χ3v) is 2.78. The highest BCUT2D eigenvalue weighted by Gasteiger charge is 2.32. The summed E-state index contributed by atoms with van der Waals surface area (Å²) in [4.78, 5) is 1.54. The molecule has 1 N–H and O–H groups in total. The highest BCUT2D eigenvalue weighted by molar-refractivity contribution is 5.50. The maximum atomic E-state index is 13.5. The molecule has 0 saturated carbocycles. The lowest BCUT2D eigenvalue weighted by Crippen LogP contribution is -2.22. The predicted molar refractivity (Wildman–Crippen MR) is 54.2 cm³/mol. The number of aliphatic hydroxyl groups excluding tert-OH is 1. The Balaban J connectivity index is 2.26. The zero-order valence-electron chi connectivity index (χ0n) is 8.84. The number of hydrogen-bond acceptors (Lipinski definition) is 2. The fourth-order valence-electron chi connectivity index (χ4n) is 1.90. The van der Waals surface area contributed by atoms with E-state index in [2.05, 4.69) is 0 Å². The molecule has 0 amide bonds. The van der Waals surface area contributed by atoms with E-state index in [1.54, 1.807) is 4.90 Å². The third-order valence-electron chi connectivity index (χ3n) is 2.78. The number of rotatable bonds is 1. The van der Waals surface area contributed by atoms with Gasteiger partial charge in [0.05, 0.1) is 17.4 Å². The van der Waals surface area contributed by atoms with Crippen molar-refractivity contribution in [3.05, 3.63) is 29.6 Å². The second-order valence-electron chi connectivity index (χ2n) is 4.05. The quantitative estimate of drug-likeness (QED) is 0.772. The first-order valence-corrected chi connectivity index (χ1v) is 5.17. The van der Waals surface area contributed by atoms with Crippen LogP contribution in [0.3, 0.4) is 0 Å². The average Bonchev–Trinajstić information content (AvgIpc) is 2.63. The molecule has 2 rings (SSSR count). The third kappa shape index (κ3) is 2.52. The Kier molecular flexibility index (Phi) is 2.99. The van der Waals surface area contributed by atoms with Gasteiger partial charge in [0.1, 0.15) is 5.82 Å². The van der Waals surface area contributed by atoms with Gasteiger partial charge in [-0.1, -0.05) is 0 Å². The smallest absolute Gasteiger partial charge is 0.391 e. The van der Waals surface area contributed by atoms with Crippen LogP contribution in [0.5, 0.6) is 0 Å². The van der Waals surface area contributed by atoms with Crippen molar-refractivity contribution in [3.63, 3.8) is 0 Å². The monoisotopic (exact) mass is 249 g/mol. The predicted octanol–water partition coefficient (Wildman–Crippen LogP) is 2.42. The van der Waals surface area contributed by atoms with E-state index in [1.165, 1.54) is 0 Å². The van der Waals surface area contributed by atoms with Crippen LogP contribution in [0.15, 0.2) is 18.2 Å². The molecular weight excluding hydrogens is 238 g/mol. The number of anilines is 1. The van der Waals surface area contributed by atoms with Crippen LogP contribution in [0.2, 0.25) is 0 Å². The number of nitrogens with zero attached hydrogens (tertiary/aromatic N) is 1. The van der Waals surface area contributed by atoms with Crippen LogP contribution < -0.4 is 4.90 Å². The molecule has 1 aliphatic rings. The summed E-state index contributed by atoms with van der Waals surface area (Å²) in [5.41, 5.74) is -0.895. The first kappa shape index (κ1) is 12.2. The summed E-state index contributed by atoms with van der Waals surface area (Å²) in [6.07, 6.45) is -4.58. The molecule has 0 radical (unpaired) electrons. The van der Waals surface area contributed by atoms with Gasteiger partial charge in [0.2, 0.25) is 0 Å². The van der Waals surface area contributed by atoms with Gasteiger partial charge in [0, 0.05) is 13.1 Å². The molecule has 6 heteroatoms. The van der Waals surface area contributed by atoms with Gasteiger partial charge in [-0.2, -0.15) is 13.2 Å². The Morgan fingerprint density at radius 3 is 2.47 bits per heavy atom. The minimum Gasteiger partial charge on any atom is -0.391 e. The van der Waals surface area contributed by atoms with E-state index < -0.39 is 23.7 Å². The first-order valence-electron chi connectivity index (χ1n) is 5.17. The minimum atomic E-state index is -4.54. The number of benzene rings is 1. The lowest BCUT2D eigenvalue weighted by molar-refractivity contribution is -0.137. The van der Waals surface area contributed by atoms with E-state index in [9.17, 15) is 22.7 Å². The zero-order chi connectivity index (χ0) is 12.6. The molecule has 1 aromatic carbocycles. The SMILES string of the molecule is OC1CCN(c2ccc(C(F)(F)F)cc2F)C1. The summed E-state index contributed by atoms with van der Waals surface area (Å²) in [7, 11) is 0.